The van der Waals surface area contributed by atoms with Crippen molar-refractivity contribution >= 4 is 9.84 Å². The molecule has 2 aliphatic rings. The lowest BCUT2D eigenvalue weighted by Gasteiger charge is -2.30. The summed E-state index contributed by atoms with van der Waals surface area (Å²) in [5.74, 6) is 0.733. The first-order valence-electron chi connectivity index (χ1n) is 7.82. The SMILES string of the molecule is CC1=C(S(=O)(=O)c2ccccc2)C[C@@H]2Cc3ccccc3[C@@H]2O1. The van der Waals surface area contributed by atoms with Crippen LogP contribution in [0.3, 0.4) is 0 Å². The predicted molar refractivity (Wildman–Crippen MR) is 88.4 cm³/mol. The predicted octanol–water partition coefficient (Wildman–Crippen LogP) is 4.03. The molecule has 4 rings (SSSR count). The van der Waals surface area contributed by atoms with Gasteiger partial charge in [-0.15, -0.1) is 0 Å². The minimum atomic E-state index is -3.48. The highest BCUT2D eigenvalue weighted by atomic mass is 32.2. The van der Waals surface area contributed by atoms with Gasteiger partial charge in [-0.3, -0.25) is 0 Å². The van der Waals surface area contributed by atoms with Crippen LogP contribution in [0.25, 0.3) is 0 Å². The van der Waals surface area contributed by atoms with E-state index in [2.05, 4.69) is 12.1 Å². The van der Waals surface area contributed by atoms with Gasteiger partial charge >= 0.3 is 0 Å². The number of ether oxygens (including phenoxy) is 1. The maximum atomic E-state index is 12.9. The molecule has 2 atom stereocenters. The van der Waals surface area contributed by atoms with Crippen molar-refractivity contribution in [1.29, 1.82) is 0 Å². The Hall–Kier alpha value is -2.07. The monoisotopic (exact) mass is 326 g/mol. The standard InChI is InChI=1S/C19H18O3S/c1-13-18(23(20,21)16-8-3-2-4-9-16)12-15-11-14-7-5-6-10-17(14)19(15)22-13/h2-10,15,19H,11-12H2,1H3/t15-,19+/m0/s1. The summed E-state index contributed by atoms with van der Waals surface area (Å²) in [6, 6.07) is 16.8. The number of hydrogen-bond donors (Lipinski definition) is 0. The Morgan fingerprint density at radius 3 is 2.43 bits per heavy atom. The molecule has 0 bridgehead atoms. The number of hydrogen-bond acceptors (Lipinski definition) is 3. The smallest absolute Gasteiger partial charge is 0.206 e. The molecule has 118 valence electrons. The Morgan fingerprint density at radius 1 is 0.957 bits per heavy atom. The van der Waals surface area contributed by atoms with Gasteiger partial charge in [0, 0.05) is 5.92 Å². The van der Waals surface area contributed by atoms with Crippen molar-refractivity contribution in [3.63, 3.8) is 0 Å². The molecule has 0 unspecified atom stereocenters. The maximum absolute atomic E-state index is 12.9. The van der Waals surface area contributed by atoms with Crippen LogP contribution in [0.2, 0.25) is 0 Å². The van der Waals surface area contributed by atoms with Gasteiger partial charge in [0.05, 0.1) is 9.80 Å². The van der Waals surface area contributed by atoms with E-state index in [0.29, 0.717) is 22.0 Å². The molecule has 0 radical (unpaired) electrons. The average molecular weight is 326 g/mol. The highest BCUT2D eigenvalue weighted by molar-refractivity contribution is 7.95. The van der Waals surface area contributed by atoms with Crippen molar-refractivity contribution in [1.82, 2.24) is 0 Å². The molecule has 23 heavy (non-hydrogen) atoms. The maximum Gasteiger partial charge on any atom is 0.206 e. The molecule has 2 aromatic rings. The van der Waals surface area contributed by atoms with E-state index in [4.69, 9.17) is 4.74 Å². The molecule has 1 aliphatic heterocycles. The van der Waals surface area contributed by atoms with E-state index in [9.17, 15) is 8.42 Å². The summed E-state index contributed by atoms with van der Waals surface area (Å²) in [7, 11) is -3.48. The van der Waals surface area contributed by atoms with Gasteiger partial charge in [-0.2, -0.15) is 0 Å². The van der Waals surface area contributed by atoms with E-state index in [1.165, 1.54) is 11.1 Å². The van der Waals surface area contributed by atoms with Crippen molar-refractivity contribution in [2.75, 3.05) is 0 Å². The fraction of sp³-hybridized carbons (Fsp3) is 0.263. The molecular formula is C19H18O3S. The van der Waals surface area contributed by atoms with Gasteiger partial charge < -0.3 is 4.74 Å². The summed E-state index contributed by atoms with van der Waals surface area (Å²) in [4.78, 5) is 0.768. The second-order valence-electron chi connectivity index (χ2n) is 6.20. The quantitative estimate of drug-likeness (QED) is 0.837. The van der Waals surface area contributed by atoms with Crippen molar-refractivity contribution < 1.29 is 13.2 Å². The lowest BCUT2D eigenvalue weighted by atomic mass is 9.96. The molecule has 3 nitrogen and oxygen atoms in total. The van der Waals surface area contributed by atoms with E-state index >= 15 is 0 Å². The molecule has 0 N–H and O–H groups in total. The molecule has 0 fully saturated rings. The number of rotatable bonds is 2. The van der Waals surface area contributed by atoms with Crippen molar-refractivity contribution in [2.45, 2.75) is 30.8 Å². The molecule has 1 heterocycles. The van der Waals surface area contributed by atoms with Crippen LogP contribution in [0.1, 0.15) is 30.6 Å². The Balaban J connectivity index is 1.72. The zero-order valence-electron chi connectivity index (χ0n) is 12.9. The van der Waals surface area contributed by atoms with Gasteiger partial charge in [-0.05, 0) is 43.0 Å². The van der Waals surface area contributed by atoms with E-state index < -0.39 is 9.84 Å². The van der Waals surface area contributed by atoms with Gasteiger partial charge in [-0.1, -0.05) is 42.5 Å². The molecule has 0 saturated carbocycles. The van der Waals surface area contributed by atoms with Gasteiger partial charge in [0.15, 0.2) is 0 Å². The van der Waals surface area contributed by atoms with Crippen LogP contribution in [0.4, 0.5) is 0 Å². The Kier molecular flexibility index (Phi) is 3.31. The fourth-order valence-electron chi connectivity index (χ4n) is 3.66. The lowest BCUT2D eigenvalue weighted by molar-refractivity contribution is 0.0587. The van der Waals surface area contributed by atoms with E-state index in [1.54, 1.807) is 31.2 Å². The van der Waals surface area contributed by atoms with Crippen LogP contribution >= 0.6 is 0 Å². The van der Waals surface area contributed by atoms with Crippen molar-refractivity contribution in [3.8, 4) is 0 Å². The molecule has 4 heteroatoms. The number of fused-ring (bicyclic) bond motifs is 3. The van der Waals surface area contributed by atoms with Crippen LogP contribution in [-0.2, 0) is 21.0 Å². The third-order valence-corrected chi connectivity index (χ3v) is 6.79. The molecule has 0 aromatic heterocycles. The van der Waals surface area contributed by atoms with Crippen LogP contribution in [0, 0.1) is 5.92 Å². The van der Waals surface area contributed by atoms with E-state index in [-0.39, 0.29) is 12.0 Å². The highest BCUT2D eigenvalue weighted by Gasteiger charge is 2.41. The second-order valence-corrected chi connectivity index (χ2v) is 8.17. The van der Waals surface area contributed by atoms with E-state index in [0.717, 1.165) is 6.42 Å². The normalized spacial score (nSPS) is 23.2. The summed E-state index contributed by atoms with van der Waals surface area (Å²) in [6.45, 7) is 1.77. The van der Waals surface area contributed by atoms with Crippen LogP contribution < -0.4 is 0 Å². The first-order valence-corrected chi connectivity index (χ1v) is 9.30. The first kappa shape index (κ1) is 14.5. The Bertz CT molecular complexity index is 882. The van der Waals surface area contributed by atoms with Crippen molar-refractivity contribution in [2.24, 2.45) is 5.92 Å². The number of sulfone groups is 1. The third kappa shape index (κ3) is 2.29. The van der Waals surface area contributed by atoms with Gasteiger partial charge in [0.1, 0.15) is 11.9 Å². The van der Waals surface area contributed by atoms with Gasteiger partial charge in [-0.25, -0.2) is 8.42 Å². The number of allylic oxidation sites excluding steroid dienone is 2. The Morgan fingerprint density at radius 2 is 1.65 bits per heavy atom. The minimum Gasteiger partial charge on any atom is -0.489 e. The molecule has 1 aliphatic carbocycles. The van der Waals surface area contributed by atoms with Gasteiger partial charge in [0.25, 0.3) is 0 Å². The zero-order valence-corrected chi connectivity index (χ0v) is 13.7. The minimum absolute atomic E-state index is 0.0130. The first-order chi connectivity index (χ1) is 11.1. The average Bonchev–Trinajstić information content (AvgIpc) is 2.92. The highest BCUT2D eigenvalue weighted by Crippen LogP contribution is 2.48. The lowest BCUT2D eigenvalue weighted by Crippen LogP contribution is -2.22. The second kappa shape index (κ2) is 5.24. The topological polar surface area (TPSA) is 43.4 Å². The van der Waals surface area contributed by atoms with Crippen LogP contribution in [-0.4, -0.2) is 8.42 Å². The summed E-state index contributed by atoms with van der Waals surface area (Å²) in [5, 5.41) is 0. The summed E-state index contributed by atoms with van der Waals surface area (Å²) >= 11 is 0. The fourth-order valence-corrected chi connectivity index (χ4v) is 5.32. The molecule has 2 aromatic carbocycles. The largest absolute Gasteiger partial charge is 0.489 e. The Labute approximate surface area is 136 Å². The summed E-state index contributed by atoms with van der Waals surface area (Å²) in [5.41, 5.74) is 2.47. The van der Waals surface area contributed by atoms with Crippen LogP contribution in [0.15, 0.2) is 70.2 Å². The van der Waals surface area contributed by atoms with Crippen molar-refractivity contribution in [3.05, 3.63) is 76.4 Å². The van der Waals surface area contributed by atoms with Crippen LogP contribution in [0.5, 0.6) is 0 Å². The molecule has 0 spiro atoms. The third-order valence-electron chi connectivity index (χ3n) is 4.79. The zero-order chi connectivity index (χ0) is 16.0. The molecular weight excluding hydrogens is 308 g/mol. The molecule has 0 amide bonds. The molecule has 0 saturated heterocycles. The van der Waals surface area contributed by atoms with Gasteiger partial charge in [0.2, 0.25) is 9.84 Å². The summed E-state index contributed by atoms with van der Waals surface area (Å²) < 4.78 is 31.9. The summed E-state index contributed by atoms with van der Waals surface area (Å²) in [6.07, 6.45) is 1.41. The number of benzene rings is 2. The van der Waals surface area contributed by atoms with E-state index in [1.807, 2.05) is 18.2 Å².